The van der Waals surface area contributed by atoms with Gasteiger partial charge < -0.3 is 37.0 Å². The highest BCUT2D eigenvalue weighted by atomic mass is 16.4. The first-order valence-corrected chi connectivity index (χ1v) is 8.59. The monoisotopic (exact) mass is 418 g/mol. The van der Waals surface area contributed by atoms with Crippen molar-refractivity contribution < 1.29 is 44.1 Å². The van der Waals surface area contributed by atoms with E-state index in [9.17, 15) is 28.8 Å². The zero-order valence-corrected chi connectivity index (χ0v) is 16.2. The maximum Gasteiger partial charge on any atom is 0.325 e. The van der Waals surface area contributed by atoms with Gasteiger partial charge in [0, 0.05) is 0 Å². The Bertz CT molecular complexity index is 665. The van der Waals surface area contributed by atoms with E-state index < -0.39 is 78.6 Å². The Morgan fingerprint density at radius 1 is 0.759 bits per heavy atom. The molecule has 8 N–H and O–H groups in total. The van der Waals surface area contributed by atoms with Gasteiger partial charge in [0.25, 0.3) is 0 Å². The van der Waals surface area contributed by atoms with Crippen LogP contribution in [0.25, 0.3) is 0 Å². The standard InChI is InChI=1S/C16H26N4O9/c1-6(2)12(15(27)18-7(3)16(28)29)20-14(26)9(5-11(23)24)19-13(25)8(17)4-10(21)22/h6-9,12H,4-5,17H2,1-3H3,(H,18,27)(H,19,25)(H,20,26)(H,21,22)(H,23,24)(H,28,29)/t7-,8-,9-,12-/m0/s1. The number of carbonyl (C=O) groups excluding carboxylic acids is 3. The van der Waals surface area contributed by atoms with Gasteiger partial charge in [0.15, 0.2) is 0 Å². The summed E-state index contributed by atoms with van der Waals surface area (Å²) in [7, 11) is 0. The van der Waals surface area contributed by atoms with Gasteiger partial charge in [-0.3, -0.25) is 28.8 Å². The minimum atomic E-state index is -1.63. The quantitative estimate of drug-likeness (QED) is 0.176. The van der Waals surface area contributed by atoms with Crippen LogP contribution in [0.15, 0.2) is 0 Å². The van der Waals surface area contributed by atoms with E-state index in [1.54, 1.807) is 13.8 Å². The van der Waals surface area contributed by atoms with Gasteiger partial charge in [-0.25, -0.2) is 0 Å². The first-order chi connectivity index (χ1) is 13.3. The minimum absolute atomic E-state index is 0.504. The molecule has 13 nitrogen and oxygen atoms in total. The molecule has 0 aliphatic rings. The molecule has 0 radical (unpaired) electrons. The van der Waals surface area contributed by atoms with Crippen LogP contribution in [0, 0.1) is 5.92 Å². The first kappa shape index (κ1) is 25.8. The summed E-state index contributed by atoms with van der Waals surface area (Å²) in [6.45, 7) is 4.34. The van der Waals surface area contributed by atoms with Gasteiger partial charge in [0.1, 0.15) is 18.1 Å². The van der Waals surface area contributed by atoms with Crippen LogP contribution in [0.4, 0.5) is 0 Å². The zero-order valence-electron chi connectivity index (χ0n) is 16.2. The minimum Gasteiger partial charge on any atom is -0.481 e. The van der Waals surface area contributed by atoms with Crippen molar-refractivity contribution >= 4 is 35.6 Å². The number of aliphatic carboxylic acids is 3. The summed E-state index contributed by atoms with van der Waals surface area (Å²) in [5.41, 5.74) is 5.39. The normalized spacial score (nSPS) is 14.8. The van der Waals surface area contributed by atoms with E-state index in [1.807, 2.05) is 5.32 Å². The van der Waals surface area contributed by atoms with E-state index >= 15 is 0 Å². The summed E-state index contributed by atoms with van der Waals surface area (Å²) in [4.78, 5) is 69.2. The van der Waals surface area contributed by atoms with Crippen LogP contribution in [-0.4, -0.2) is 75.1 Å². The lowest BCUT2D eigenvalue weighted by atomic mass is 10.0. The van der Waals surface area contributed by atoms with Crippen molar-refractivity contribution in [3.8, 4) is 0 Å². The molecule has 0 rings (SSSR count). The molecule has 4 atom stereocenters. The van der Waals surface area contributed by atoms with Crippen molar-refractivity contribution in [2.75, 3.05) is 0 Å². The van der Waals surface area contributed by atoms with Crippen LogP contribution in [0.1, 0.15) is 33.6 Å². The summed E-state index contributed by atoms with van der Waals surface area (Å²) in [6, 6.07) is -5.60. The third-order valence-electron chi connectivity index (χ3n) is 3.72. The van der Waals surface area contributed by atoms with Crippen molar-refractivity contribution in [1.29, 1.82) is 0 Å². The predicted molar refractivity (Wildman–Crippen MR) is 96.4 cm³/mol. The lowest BCUT2D eigenvalue weighted by Gasteiger charge is -2.26. The van der Waals surface area contributed by atoms with Crippen LogP contribution in [0.3, 0.4) is 0 Å². The highest BCUT2D eigenvalue weighted by Gasteiger charge is 2.32. The maximum absolute atomic E-state index is 12.5. The molecule has 0 aliphatic carbocycles. The number of nitrogens with one attached hydrogen (secondary N) is 3. The molecule has 0 aliphatic heterocycles. The average molecular weight is 418 g/mol. The first-order valence-electron chi connectivity index (χ1n) is 8.59. The number of carbonyl (C=O) groups is 6. The Hall–Kier alpha value is -3.22. The number of amides is 3. The lowest BCUT2D eigenvalue weighted by molar-refractivity contribution is -0.143. The van der Waals surface area contributed by atoms with Crippen LogP contribution in [-0.2, 0) is 28.8 Å². The second-order valence-corrected chi connectivity index (χ2v) is 6.66. The molecule has 13 heteroatoms. The smallest absolute Gasteiger partial charge is 0.325 e. The van der Waals surface area contributed by atoms with E-state index in [-0.39, 0.29) is 0 Å². The van der Waals surface area contributed by atoms with Crippen molar-refractivity contribution in [3.63, 3.8) is 0 Å². The number of hydrogen-bond donors (Lipinski definition) is 7. The van der Waals surface area contributed by atoms with Crippen molar-refractivity contribution in [1.82, 2.24) is 16.0 Å². The fourth-order valence-electron chi connectivity index (χ4n) is 2.10. The molecule has 0 saturated heterocycles. The van der Waals surface area contributed by atoms with Crippen LogP contribution in [0.5, 0.6) is 0 Å². The van der Waals surface area contributed by atoms with Gasteiger partial charge >= 0.3 is 17.9 Å². The van der Waals surface area contributed by atoms with E-state index in [2.05, 4.69) is 10.6 Å². The molecule has 164 valence electrons. The second-order valence-electron chi connectivity index (χ2n) is 6.66. The molecule has 0 heterocycles. The fourth-order valence-corrected chi connectivity index (χ4v) is 2.10. The molecule has 0 spiro atoms. The van der Waals surface area contributed by atoms with Crippen LogP contribution >= 0.6 is 0 Å². The Morgan fingerprint density at radius 3 is 1.69 bits per heavy atom. The van der Waals surface area contributed by atoms with Gasteiger partial charge in [0.05, 0.1) is 18.9 Å². The van der Waals surface area contributed by atoms with E-state index in [4.69, 9.17) is 21.1 Å². The second kappa shape index (κ2) is 11.6. The van der Waals surface area contributed by atoms with E-state index in [0.29, 0.717) is 0 Å². The molecule has 0 bridgehead atoms. The zero-order chi connectivity index (χ0) is 22.9. The highest BCUT2D eigenvalue weighted by molar-refractivity contribution is 5.96. The largest absolute Gasteiger partial charge is 0.481 e. The molecular formula is C16H26N4O9. The molecule has 0 unspecified atom stereocenters. The molecule has 0 saturated carbocycles. The molecular weight excluding hydrogens is 392 g/mol. The Morgan fingerprint density at radius 2 is 1.28 bits per heavy atom. The molecule has 0 fully saturated rings. The number of rotatable bonds is 12. The summed E-state index contributed by atoms with van der Waals surface area (Å²) in [5, 5.41) is 33.0. The summed E-state index contributed by atoms with van der Waals surface area (Å²) < 4.78 is 0. The van der Waals surface area contributed by atoms with Gasteiger partial charge in [0.2, 0.25) is 17.7 Å². The number of carboxylic acid groups (broad SMARTS) is 3. The van der Waals surface area contributed by atoms with Crippen molar-refractivity contribution in [2.24, 2.45) is 11.7 Å². The Labute approximate surface area is 166 Å². The molecule has 3 amide bonds. The topological polar surface area (TPSA) is 225 Å². The van der Waals surface area contributed by atoms with Crippen molar-refractivity contribution in [3.05, 3.63) is 0 Å². The Balaban J connectivity index is 5.32. The predicted octanol–water partition coefficient (Wildman–Crippen LogP) is -2.52. The third kappa shape index (κ3) is 9.51. The van der Waals surface area contributed by atoms with Gasteiger partial charge in [-0.1, -0.05) is 13.8 Å². The summed E-state index contributed by atoms with van der Waals surface area (Å²) in [6.07, 6.45) is -1.59. The molecule has 0 aromatic rings. The SMILES string of the molecule is CC(C)[C@H](NC(=O)[C@H](CC(=O)O)NC(=O)[C@@H](N)CC(=O)O)C(=O)N[C@@H](C)C(=O)O. The fraction of sp³-hybridized carbons (Fsp3) is 0.625. The van der Waals surface area contributed by atoms with Gasteiger partial charge in [-0.05, 0) is 12.8 Å². The van der Waals surface area contributed by atoms with Crippen molar-refractivity contribution in [2.45, 2.75) is 57.8 Å². The van der Waals surface area contributed by atoms with E-state index in [1.165, 1.54) is 6.92 Å². The Kier molecular flexibility index (Phi) is 10.3. The molecule has 0 aromatic heterocycles. The summed E-state index contributed by atoms with van der Waals surface area (Å²) >= 11 is 0. The van der Waals surface area contributed by atoms with Gasteiger partial charge in [-0.2, -0.15) is 0 Å². The molecule has 0 aromatic carbocycles. The number of hydrogen-bond acceptors (Lipinski definition) is 7. The molecule has 29 heavy (non-hydrogen) atoms. The van der Waals surface area contributed by atoms with Gasteiger partial charge in [-0.15, -0.1) is 0 Å². The van der Waals surface area contributed by atoms with Crippen LogP contribution < -0.4 is 21.7 Å². The number of nitrogens with two attached hydrogens (primary N) is 1. The highest BCUT2D eigenvalue weighted by Crippen LogP contribution is 2.05. The van der Waals surface area contributed by atoms with E-state index in [0.717, 1.165) is 0 Å². The number of carboxylic acids is 3. The maximum atomic E-state index is 12.5. The lowest BCUT2D eigenvalue weighted by Crippen LogP contribution is -2.58. The van der Waals surface area contributed by atoms with Crippen LogP contribution in [0.2, 0.25) is 0 Å². The average Bonchev–Trinajstić information content (AvgIpc) is 2.56. The summed E-state index contributed by atoms with van der Waals surface area (Å²) in [5.74, 6) is -7.51. The third-order valence-corrected chi connectivity index (χ3v) is 3.72.